The van der Waals surface area contributed by atoms with E-state index in [9.17, 15) is 4.79 Å². The number of piperazine rings is 1. The second-order valence-electron chi connectivity index (χ2n) is 8.18. The maximum Gasteiger partial charge on any atom is 0.239 e. The standard InChI is InChI=1S/C19H36N4O3/c1-15(2)23-9-12-26-17(14-23)13-21-5-7-22(8-6-21)19(24)18(20)16-3-10-25-11-4-16/h15-18H,3-14,20H2,1-2H3. The number of morpholine rings is 1. The molecule has 3 heterocycles. The lowest BCUT2D eigenvalue weighted by Crippen LogP contribution is -2.57. The summed E-state index contributed by atoms with van der Waals surface area (Å²) in [4.78, 5) is 19.6. The first-order valence-corrected chi connectivity index (χ1v) is 10.2. The van der Waals surface area contributed by atoms with E-state index in [0.717, 1.165) is 78.5 Å². The van der Waals surface area contributed by atoms with Crippen molar-refractivity contribution < 1.29 is 14.3 Å². The van der Waals surface area contributed by atoms with Crippen molar-refractivity contribution in [1.29, 1.82) is 0 Å². The zero-order chi connectivity index (χ0) is 18.5. The molecular weight excluding hydrogens is 332 g/mol. The number of rotatable bonds is 5. The molecule has 0 aliphatic carbocycles. The van der Waals surface area contributed by atoms with Crippen LogP contribution in [0.5, 0.6) is 0 Å². The van der Waals surface area contributed by atoms with Gasteiger partial charge < -0.3 is 20.1 Å². The molecule has 0 saturated carbocycles. The highest BCUT2D eigenvalue weighted by atomic mass is 16.5. The van der Waals surface area contributed by atoms with Crippen LogP contribution in [0.4, 0.5) is 0 Å². The van der Waals surface area contributed by atoms with E-state index in [4.69, 9.17) is 15.2 Å². The molecule has 0 aromatic rings. The van der Waals surface area contributed by atoms with Gasteiger partial charge in [-0.15, -0.1) is 0 Å². The Hall–Kier alpha value is -0.730. The third kappa shape index (κ3) is 5.16. The third-order valence-electron chi connectivity index (χ3n) is 6.11. The van der Waals surface area contributed by atoms with E-state index >= 15 is 0 Å². The predicted octanol–water partition coefficient (Wildman–Crippen LogP) is -0.00630. The first-order chi connectivity index (χ1) is 12.5. The van der Waals surface area contributed by atoms with Gasteiger partial charge in [-0.3, -0.25) is 14.6 Å². The summed E-state index contributed by atoms with van der Waals surface area (Å²) >= 11 is 0. The first-order valence-electron chi connectivity index (χ1n) is 10.2. The lowest BCUT2D eigenvalue weighted by molar-refractivity contribution is -0.137. The lowest BCUT2D eigenvalue weighted by atomic mass is 9.91. The number of carbonyl (C=O) groups excluding carboxylic acids is 1. The minimum atomic E-state index is -0.369. The maximum absolute atomic E-state index is 12.7. The summed E-state index contributed by atoms with van der Waals surface area (Å²) in [6.45, 7) is 13.1. The molecule has 3 fully saturated rings. The Kier molecular flexibility index (Phi) is 7.28. The van der Waals surface area contributed by atoms with Gasteiger partial charge in [-0.05, 0) is 32.6 Å². The Bertz CT molecular complexity index is 448. The van der Waals surface area contributed by atoms with Crippen molar-refractivity contribution in [2.24, 2.45) is 11.7 Å². The Morgan fingerprint density at radius 1 is 1.08 bits per heavy atom. The number of carbonyl (C=O) groups is 1. The highest BCUT2D eigenvalue weighted by molar-refractivity contribution is 5.82. The topological polar surface area (TPSA) is 71.3 Å². The van der Waals surface area contributed by atoms with E-state index in [-0.39, 0.29) is 24.0 Å². The number of amides is 1. The lowest BCUT2D eigenvalue weighted by Gasteiger charge is -2.41. The van der Waals surface area contributed by atoms with Crippen molar-refractivity contribution in [3.63, 3.8) is 0 Å². The van der Waals surface area contributed by atoms with Gasteiger partial charge >= 0.3 is 0 Å². The minimum Gasteiger partial charge on any atom is -0.381 e. The number of hydrogen-bond donors (Lipinski definition) is 1. The average Bonchev–Trinajstić information content (AvgIpc) is 2.68. The molecule has 3 aliphatic rings. The van der Waals surface area contributed by atoms with Crippen LogP contribution in [0.3, 0.4) is 0 Å². The van der Waals surface area contributed by atoms with Crippen molar-refractivity contribution in [3.8, 4) is 0 Å². The minimum absolute atomic E-state index is 0.122. The molecule has 0 radical (unpaired) electrons. The van der Waals surface area contributed by atoms with Crippen LogP contribution in [-0.4, -0.2) is 104 Å². The molecule has 0 aromatic heterocycles. The smallest absolute Gasteiger partial charge is 0.239 e. The zero-order valence-corrected chi connectivity index (χ0v) is 16.4. The second kappa shape index (κ2) is 9.46. The SMILES string of the molecule is CC(C)N1CCOC(CN2CCN(C(=O)C(N)C3CCOCC3)CC2)C1. The summed E-state index contributed by atoms with van der Waals surface area (Å²) in [5, 5.41) is 0. The van der Waals surface area contributed by atoms with Gasteiger partial charge in [-0.25, -0.2) is 0 Å². The monoisotopic (exact) mass is 368 g/mol. The van der Waals surface area contributed by atoms with Gasteiger partial charge in [-0.2, -0.15) is 0 Å². The van der Waals surface area contributed by atoms with Gasteiger partial charge in [0.1, 0.15) is 0 Å². The van der Waals surface area contributed by atoms with E-state index in [1.165, 1.54) is 0 Å². The van der Waals surface area contributed by atoms with Gasteiger partial charge in [0.05, 0.1) is 18.8 Å². The molecule has 0 bridgehead atoms. The highest BCUT2D eigenvalue weighted by Crippen LogP contribution is 2.20. The van der Waals surface area contributed by atoms with E-state index in [2.05, 4.69) is 23.6 Å². The Balaban J connectivity index is 1.41. The molecule has 0 spiro atoms. The van der Waals surface area contributed by atoms with E-state index in [1.54, 1.807) is 0 Å². The summed E-state index contributed by atoms with van der Waals surface area (Å²) < 4.78 is 11.3. The van der Waals surface area contributed by atoms with Crippen LogP contribution < -0.4 is 5.73 Å². The molecule has 3 aliphatic heterocycles. The first kappa shape index (κ1) is 20.0. The normalized spacial score (nSPS) is 28.5. The van der Waals surface area contributed by atoms with Crippen molar-refractivity contribution in [3.05, 3.63) is 0 Å². The van der Waals surface area contributed by atoms with Crippen LogP contribution in [0.2, 0.25) is 0 Å². The highest BCUT2D eigenvalue weighted by Gasteiger charge is 2.32. The molecule has 2 atom stereocenters. The van der Waals surface area contributed by atoms with Crippen molar-refractivity contribution in [2.75, 3.05) is 65.6 Å². The molecule has 3 saturated heterocycles. The number of ether oxygens (including phenoxy) is 2. The van der Waals surface area contributed by atoms with E-state index in [0.29, 0.717) is 6.04 Å². The van der Waals surface area contributed by atoms with Crippen LogP contribution in [0.15, 0.2) is 0 Å². The number of hydrogen-bond acceptors (Lipinski definition) is 6. The molecule has 150 valence electrons. The van der Waals surface area contributed by atoms with E-state index in [1.807, 2.05) is 4.90 Å². The fraction of sp³-hybridized carbons (Fsp3) is 0.947. The Morgan fingerprint density at radius 2 is 1.77 bits per heavy atom. The summed E-state index contributed by atoms with van der Waals surface area (Å²) in [6, 6.07) is 0.203. The van der Waals surface area contributed by atoms with Crippen molar-refractivity contribution >= 4 is 5.91 Å². The number of nitrogens with two attached hydrogens (primary N) is 1. The summed E-state index contributed by atoms with van der Waals surface area (Å²) in [5.41, 5.74) is 6.26. The molecule has 7 nitrogen and oxygen atoms in total. The van der Waals surface area contributed by atoms with Gasteiger partial charge in [0.25, 0.3) is 0 Å². The molecule has 26 heavy (non-hydrogen) atoms. The van der Waals surface area contributed by atoms with Crippen LogP contribution in [0.1, 0.15) is 26.7 Å². The summed E-state index contributed by atoms with van der Waals surface area (Å²) in [7, 11) is 0. The molecule has 3 rings (SSSR count). The molecular formula is C19H36N4O3. The second-order valence-corrected chi connectivity index (χ2v) is 8.18. The van der Waals surface area contributed by atoms with Crippen LogP contribution in [0.25, 0.3) is 0 Å². The van der Waals surface area contributed by atoms with Crippen LogP contribution in [-0.2, 0) is 14.3 Å². The van der Waals surface area contributed by atoms with Gasteiger partial charge in [0.15, 0.2) is 0 Å². The largest absolute Gasteiger partial charge is 0.381 e. The molecule has 1 amide bonds. The van der Waals surface area contributed by atoms with Crippen LogP contribution >= 0.6 is 0 Å². The number of nitrogens with zero attached hydrogens (tertiary/aromatic N) is 3. The summed E-state index contributed by atoms with van der Waals surface area (Å²) in [5.74, 6) is 0.392. The fourth-order valence-corrected chi connectivity index (χ4v) is 4.25. The van der Waals surface area contributed by atoms with Crippen LogP contribution in [0, 0.1) is 5.92 Å². The fourth-order valence-electron chi connectivity index (χ4n) is 4.25. The summed E-state index contributed by atoms with van der Waals surface area (Å²) in [6.07, 6.45) is 2.08. The predicted molar refractivity (Wildman–Crippen MR) is 101 cm³/mol. The zero-order valence-electron chi connectivity index (χ0n) is 16.4. The van der Waals surface area contributed by atoms with Gasteiger partial charge in [0.2, 0.25) is 5.91 Å². The quantitative estimate of drug-likeness (QED) is 0.736. The Morgan fingerprint density at radius 3 is 2.42 bits per heavy atom. The van der Waals surface area contributed by atoms with Gasteiger partial charge in [-0.1, -0.05) is 0 Å². The van der Waals surface area contributed by atoms with Crippen molar-refractivity contribution in [2.45, 2.75) is 44.9 Å². The molecule has 2 unspecified atom stereocenters. The average molecular weight is 369 g/mol. The Labute approximate surface area is 157 Å². The van der Waals surface area contributed by atoms with Crippen molar-refractivity contribution in [1.82, 2.24) is 14.7 Å². The molecule has 0 aromatic carbocycles. The van der Waals surface area contributed by atoms with Gasteiger partial charge in [0, 0.05) is 65.1 Å². The molecule has 2 N–H and O–H groups in total. The molecule has 7 heteroatoms. The third-order valence-corrected chi connectivity index (χ3v) is 6.11. The maximum atomic E-state index is 12.7. The van der Waals surface area contributed by atoms with E-state index < -0.39 is 0 Å².